The van der Waals surface area contributed by atoms with Gasteiger partial charge in [-0.05, 0) is 44.0 Å². The smallest absolute Gasteiger partial charge is 0.226 e. The van der Waals surface area contributed by atoms with Crippen molar-refractivity contribution in [1.82, 2.24) is 10.6 Å². The van der Waals surface area contributed by atoms with Gasteiger partial charge in [-0.3, -0.25) is 4.79 Å². The summed E-state index contributed by atoms with van der Waals surface area (Å²) in [5.41, 5.74) is -0.287. The summed E-state index contributed by atoms with van der Waals surface area (Å²) < 4.78 is 0. The molecule has 1 saturated heterocycles. The summed E-state index contributed by atoms with van der Waals surface area (Å²) >= 11 is 1.78. The average molecular weight is 306 g/mol. The Labute approximate surface area is 132 Å². The highest BCUT2D eigenvalue weighted by atomic mass is 32.2. The normalized spacial score (nSPS) is 19.2. The lowest BCUT2D eigenvalue weighted by molar-refractivity contribution is -0.132. The second-order valence-corrected chi connectivity index (χ2v) is 7.35. The molecule has 2 rings (SSSR count). The molecule has 0 saturated carbocycles. The molecular weight excluding hydrogens is 280 g/mol. The fourth-order valence-corrected chi connectivity index (χ4v) is 3.52. The Morgan fingerprint density at radius 1 is 1.38 bits per heavy atom. The van der Waals surface area contributed by atoms with Gasteiger partial charge in [0.2, 0.25) is 5.91 Å². The molecule has 1 atom stereocenters. The summed E-state index contributed by atoms with van der Waals surface area (Å²) in [6.45, 7) is 6.91. The van der Waals surface area contributed by atoms with Gasteiger partial charge in [0.25, 0.3) is 0 Å². The topological polar surface area (TPSA) is 41.1 Å². The fourth-order valence-electron chi connectivity index (χ4n) is 2.73. The Balaban J connectivity index is 1.73. The maximum absolute atomic E-state index is 12.4. The van der Waals surface area contributed by atoms with Crippen LogP contribution in [-0.2, 0) is 4.79 Å². The zero-order valence-electron chi connectivity index (χ0n) is 13.0. The molecule has 1 aromatic carbocycles. The lowest BCUT2D eigenvalue weighted by atomic mass is 9.74. The Morgan fingerprint density at radius 3 is 2.81 bits per heavy atom. The number of carbonyl (C=O) groups is 1. The zero-order valence-corrected chi connectivity index (χ0v) is 13.8. The van der Waals surface area contributed by atoms with E-state index in [4.69, 9.17) is 0 Å². The SMILES string of the molecule is CC(C)(C(=O)NCCSc1ccccc1)C1CCCNC1. The highest BCUT2D eigenvalue weighted by Gasteiger charge is 2.36. The van der Waals surface area contributed by atoms with Crippen molar-refractivity contribution in [2.45, 2.75) is 31.6 Å². The number of amides is 1. The number of rotatable bonds is 6. The lowest BCUT2D eigenvalue weighted by Crippen LogP contribution is -2.47. The van der Waals surface area contributed by atoms with Crippen LogP contribution in [0.1, 0.15) is 26.7 Å². The van der Waals surface area contributed by atoms with E-state index in [1.807, 2.05) is 18.2 Å². The third-order valence-corrected chi connectivity index (χ3v) is 5.32. The van der Waals surface area contributed by atoms with Gasteiger partial charge in [-0.1, -0.05) is 32.0 Å². The second-order valence-electron chi connectivity index (χ2n) is 6.18. The van der Waals surface area contributed by atoms with Crippen LogP contribution in [0.15, 0.2) is 35.2 Å². The predicted octanol–water partition coefficient (Wildman–Crippen LogP) is 2.92. The van der Waals surface area contributed by atoms with Crippen molar-refractivity contribution >= 4 is 17.7 Å². The van der Waals surface area contributed by atoms with E-state index in [1.54, 1.807) is 11.8 Å². The van der Waals surface area contributed by atoms with Crippen molar-refractivity contribution < 1.29 is 4.79 Å². The van der Waals surface area contributed by atoms with Crippen molar-refractivity contribution in [3.05, 3.63) is 30.3 Å². The molecular formula is C17H26N2OS. The van der Waals surface area contributed by atoms with E-state index < -0.39 is 0 Å². The molecule has 21 heavy (non-hydrogen) atoms. The molecule has 2 N–H and O–H groups in total. The molecule has 3 nitrogen and oxygen atoms in total. The molecule has 1 aliphatic heterocycles. The lowest BCUT2D eigenvalue weighted by Gasteiger charge is -2.36. The first kappa shape index (κ1) is 16.4. The molecule has 0 bridgehead atoms. The minimum absolute atomic E-state index is 0.185. The van der Waals surface area contributed by atoms with Crippen molar-refractivity contribution in [2.24, 2.45) is 11.3 Å². The summed E-state index contributed by atoms with van der Waals surface area (Å²) in [6.07, 6.45) is 2.32. The van der Waals surface area contributed by atoms with Crippen molar-refractivity contribution in [3.8, 4) is 0 Å². The molecule has 0 spiro atoms. The molecule has 0 aromatic heterocycles. The summed E-state index contributed by atoms with van der Waals surface area (Å²) in [7, 11) is 0. The van der Waals surface area contributed by atoms with Crippen LogP contribution in [0.25, 0.3) is 0 Å². The van der Waals surface area contributed by atoms with Gasteiger partial charge in [0.15, 0.2) is 0 Å². The summed E-state index contributed by atoms with van der Waals surface area (Å²) in [6, 6.07) is 10.3. The molecule has 1 amide bonds. The van der Waals surface area contributed by atoms with Crippen LogP contribution < -0.4 is 10.6 Å². The molecule has 1 aliphatic rings. The van der Waals surface area contributed by atoms with E-state index in [0.29, 0.717) is 5.92 Å². The van der Waals surface area contributed by atoms with E-state index in [0.717, 1.165) is 31.8 Å². The molecule has 0 aliphatic carbocycles. The van der Waals surface area contributed by atoms with Gasteiger partial charge in [0.05, 0.1) is 0 Å². The summed E-state index contributed by atoms with van der Waals surface area (Å²) in [5, 5.41) is 6.50. The molecule has 116 valence electrons. The van der Waals surface area contributed by atoms with Gasteiger partial charge in [0.1, 0.15) is 0 Å². The maximum Gasteiger partial charge on any atom is 0.226 e. The Hall–Kier alpha value is -1.00. The first-order chi connectivity index (χ1) is 10.1. The number of carbonyl (C=O) groups excluding carboxylic acids is 1. The third-order valence-electron chi connectivity index (χ3n) is 4.30. The maximum atomic E-state index is 12.4. The van der Waals surface area contributed by atoms with E-state index in [9.17, 15) is 4.79 Å². The van der Waals surface area contributed by atoms with E-state index in [-0.39, 0.29) is 11.3 Å². The van der Waals surface area contributed by atoms with Crippen molar-refractivity contribution in [1.29, 1.82) is 0 Å². The monoisotopic (exact) mass is 306 g/mol. The molecule has 1 fully saturated rings. The molecule has 1 aromatic rings. The second kappa shape index (κ2) is 7.85. The van der Waals surface area contributed by atoms with Crippen LogP contribution in [-0.4, -0.2) is 31.3 Å². The minimum Gasteiger partial charge on any atom is -0.355 e. The van der Waals surface area contributed by atoms with Gasteiger partial charge in [0, 0.05) is 22.6 Å². The van der Waals surface area contributed by atoms with E-state index in [2.05, 4.69) is 36.6 Å². The number of nitrogens with one attached hydrogen (secondary N) is 2. The minimum atomic E-state index is -0.287. The van der Waals surface area contributed by atoms with Crippen LogP contribution in [0.2, 0.25) is 0 Å². The number of hydrogen-bond acceptors (Lipinski definition) is 3. The van der Waals surface area contributed by atoms with Crippen LogP contribution in [0.4, 0.5) is 0 Å². The first-order valence-electron chi connectivity index (χ1n) is 7.77. The average Bonchev–Trinajstić information content (AvgIpc) is 2.53. The highest BCUT2D eigenvalue weighted by molar-refractivity contribution is 7.99. The van der Waals surface area contributed by atoms with Gasteiger partial charge in [-0.25, -0.2) is 0 Å². The molecule has 1 heterocycles. The van der Waals surface area contributed by atoms with E-state index in [1.165, 1.54) is 11.3 Å². The largest absolute Gasteiger partial charge is 0.355 e. The van der Waals surface area contributed by atoms with E-state index >= 15 is 0 Å². The fraction of sp³-hybridized carbons (Fsp3) is 0.588. The quantitative estimate of drug-likeness (QED) is 0.627. The number of thioether (sulfide) groups is 1. The highest BCUT2D eigenvalue weighted by Crippen LogP contribution is 2.31. The van der Waals surface area contributed by atoms with Gasteiger partial charge >= 0.3 is 0 Å². The third kappa shape index (κ3) is 4.75. The standard InChI is InChI=1S/C17H26N2OS/c1-17(2,14-7-6-10-18-13-14)16(20)19-11-12-21-15-8-4-3-5-9-15/h3-5,8-9,14,18H,6-7,10-13H2,1-2H3,(H,19,20). The van der Waals surface area contributed by atoms with Crippen LogP contribution in [0.3, 0.4) is 0 Å². The van der Waals surface area contributed by atoms with Gasteiger partial charge < -0.3 is 10.6 Å². The molecule has 0 radical (unpaired) electrons. The van der Waals surface area contributed by atoms with Crippen LogP contribution >= 0.6 is 11.8 Å². The summed E-state index contributed by atoms with van der Waals surface area (Å²) in [4.78, 5) is 13.7. The number of piperidine rings is 1. The first-order valence-corrected chi connectivity index (χ1v) is 8.76. The van der Waals surface area contributed by atoms with Gasteiger partial charge in [-0.15, -0.1) is 11.8 Å². The Kier molecular flexibility index (Phi) is 6.12. The Morgan fingerprint density at radius 2 is 2.14 bits per heavy atom. The van der Waals surface area contributed by atoms with Gasteiger partial charge in [-0.2, -0.15) is 0 Å². The van der Waals surface area contributed by atoms with Crippen LogP contribution in [0.5, 0.6) is 0 Å². The number of hydrogen-bond donors (Lipinski definition) is 2. The predicted molar refractivity (Wildman–Crippen MR) is 89.6 cm³/mol. The molecule has 4 heteroatoms. The zero-order chi connectivity index (χ0) is 15.1. The Bertz CT molecular complexity index is 441. The molecule has 1 unspecified atom stereocenters. The van der Waals surface area contributed by atoms with Crippen LogP contribution in [0, 0.1) is 11.3 Å². The van der Waals surface area contributed by atoms with Crippen molar-refractivity contribution in [3.63, 3.8) is 0 Å². The van der Waals surface area contributed by atoms with Crippen molar-refractivity contribution in [2.75, 3.05) is 25.4 Å². The number of benzene rings is 1. The summed E-state index contributed by atoms with van der Waals surface area (Å²) in [5.74, 6) is 1.53.